The van der Waals surface area contributed by atoms with Crippen LogP contribution in [-0.4, -0.2) is 33.8 Å². The molecule has 1 rings (SSSR count). The third-order valence-electron chi connectivity index (χ3n) is 2.18. The molecule has 0 aliphatic rings. The van der Waals surface area contributed by atoms with Crippen LogP contribution in [0.15, 0.2) is 24.8 Å². The van der Waals surface area contributed by atoms with E-state index in [1.54, 1.807) is 6.07 Å². The third-order valence-corrected chi connectivity index (χ3v) is 2.18. The van der Waals surface area contributed by atoms with Gasteiger partial charge in [0.05, 0.1) is 12.1 Å². The number of carboxylic acid groups (broad SMARTS) is 2. The van der Waals surface area contributed by atoms with Gasteiger partial charge in [0.25, 0.3) is 0 Å². The van der Waals surface area contributed by atoms with Gasteiger partial charge in [0, 0.05) is 12.1 Å². The molecule has 6 heteroatoms. The number of nitrogens with one attached hydrogen (secondary N) is 1. The highest BCUT2D eigenvalue weighted by atomic mass is 16.4. The molecule has 96 valence electrons. The first kappa shape index (κ1) is 13.7. The minimum Gasteiger partial charge on any atom is -0.508 e. The van der Waals surface area contributed by atoms with Crippen molar-refractivity contribution in [2.75, 3.05) is 6.54 Å². The van der Waals surface area contributed by atoms with E-state index in [4.69, 9.17) is 10.2 Å². The second kappa shape index (κ2) is 5.83. The molecule has 0 atom stereocenters. The number of benzene rings is 1. The van der Waals surface area contributed by atoms with Gasteiger partial charge in [-0.2, -0.15) is 0 Å². The zero-order chi connectivity index (χ0) is 13.7. The van der Waals surface area contributed by atoms with E-state index in [2.05, 4.69) is 11.9 Å². The van der Waals surface area contributed by atoms with Gasteiger partial charge in [-0.15, -0.1) is 0 Å². The summed E-state index contributed by atoms with van der Waals surface area (Å²) in [6.07, 6.45) is 0. The van der Waals surface area contributed by atoms with Crippen molar-refractivity contribution in [3.05, 3.63) is 41.5 Å². The number of rotatable bonds is 6. The molecule has 0 fully saturated rings. The number of aliphatic carboxylic acids is 1. The van der Waals surface area contributed by atoms with Crippen molar-refractivity contribution in [2.45, 2.75) is 6.54 Å². The Balaban J connectivity index is 2.93. The zero-order valence-corrected chi connectivity index (χ0v) is 9.51. The highest BCUT2D eigenvalue weighted by Crippen LogP contribution is 2.15. The number of hydrogen-bond donors (Lipinski definition) is 4. The van der Waals surface area contributed by atoms with Crippen LogP contribution in [0.2, 0.25) is 0 Å². The van der Waals surface area contributed by atoms with Crippen LogP contribution in [0, 0.1) is 0 Å². The molecule has 0 aromatic heterocycles. The lowest BCUT2D eigenvalue weighted by atomic mass is 10.0. The molecular weight excluding hydrogens is 238 g/mol. The van der Waals surface area contributed by atoms with Gasteiger partial charge >= 0.3 is 11.9 Å². The summed E-state index contributed by atoms with van der Waals surface area (Å²) in [5, 5.41) is 29.3. The number of carbonyl (C=O) groups is 2. The predicted octanol–water partition coefficient (Wildman–Crippen LogP) is 1.09. The summed E-state index contributed by atoms with van der Waals surface area (Å²) in [6.45, 7) is 3.28. The smallest absolute Gasteiger partial charge is 0.335 e. The summed E-state index contributed by atoms with van der Waals surface area (Å²) in [7, 11) is 0. The molecule has 0 unspecified atom stereocenters. The van der Waals surface area contributed by atoms with E-state index in [-0.39, 0.29) is 24.4 Å². The van der Waals surface area contributed by atoms with Gasteiger partial charge in [0.1, 0.15) is 5.76 Å². The van der Waals surface area contributed by atoms with Crippen molar-refractivity contribution in [1.82, 2.24) is 5.32 Å². The van der Waals surface area contributed by atoms with Gasteiger partial charge < -0.3 is 20.6 Å². The third kappa shape index (κ3) is 3.91. The van der Waals surface area contributed by atoms with Crippen molar-refractivity contribution in [3.63, 3.8) is 0 Å². The van der Waals surface area contributed by atoms with Gasteiger partial charge in [0.15, 0.2) is 0 Å². The van der Waals surface area contributed by atoms with Crippen molar-refractivity contribution < 1.29 is 24.9 Å². The average molecular weight is 251 g/mol. The molecule has 18 heavy (non-hydrogen) atoms. The number of aliphatic hydroxyl groups excluding tert-OH is 1. The maximum absolute atomic E-state index is 10.9. The molecule has 1 aromatic carbocycles. The first-order valence-electron chi connectivity index (χ1n) is 5.08. The highest BCUT2D eigenvalue weighted by molar-refractivity contribution is 5.89. The Morgan fingerprint density at radius 3 is 2.22 bits per heavy atom. The average Bonchev–Trinajstić information content (AvgIpc) is 2.28. The first-order valence-corrected chi connectivity index (χ1v) is 5.08. The number of aromatic carboxylic acids is 1. The maximum atomic E-state index is 10.9. The van der Waals surface area contributed by atoms with E-state index >= 15 is 0 Å². The zero-order valence-electron chi connectivity index (χ0n) is 9.51. The fourth-order valence-electron chi connectivity index (χ4n) is 1.40. The summed E-state index contributed by atoms with van der Waals surface area (Å²) in [6, 6.07) is 4.25. The molecule has 1 aromatic rings. The Bertz CT molecular complexity index is 463. The van der Waals surface area contributed by atoms with E-state index in [0.29, 0.717) is 11.1 Å². The first-order chi connectivity index (χ1) is 8.40. The maximum Gasteiger partial charge on any atom is 0.335 e. The SMILES string of the molecule is C=C(O)c1cc(CNCC(=O)O)cc(C(=O)O)c1. The van der Waals surface area contributed by atoms with Crippen LogP contribution in [-0.2, 0) is 11.3 Å². The lowest BCUT2D eigenvalue weighted by Crippen LogP contribution is -2.22. The lowest BCUT2D eigenvalue weighted by Gasteiger charge is -2.07. The highest BCUT2D eigenvalue weighted by Gasteiger charge is 2.08. The van der Waals surface area contributed by atoms with Crippen LogP contribution < -0.4 is 5.32 Å². The van der Waals surface area contributed by atoms with Crippen molar-refractivity contribution in [3.8, 4) is 0 Å². The van der Waals surface area contributed by atoms with Crippen LogP contribution in [0.5, 0.6) is 0 Å². The molecule has 0 heterocycles. The topological polar surface area (TPSA) is 107 Å². The summed E-state index contributed by atoms with van der Waals surface area (Å²) >= 11 is 0. The minimum absolute atomic E-state index is 0.00910. The summed E-state index contributed by atoms with van der Waals surface area (Å²) in [5.41, 5.74) is 0.859. The Kier molecular flexibility index (Phi) is 4.45. The minimum atomic E-state index is -1.13. The van der Waals surface area contributed by atoms with E-state index in [1.165, 1.54) is 12.1 Å². The standard InChI is InChI=1S/C12H13NO5/c1-7(14)9-2-8(5-13-6-11(15)16)3-10(4-9)12(17)18/h2-4,13-14H,1,5-6H2,(H,15,16)(H,17,18). The van der Waals surface area contributed by atoms with E-state index in [1.807, 2.05) is 0 Å². The molecule has 0 bridgehead atoms. The molecule has 0 saturated heterocycles. The second-order valence-corrected chi connectivity index (χ2v) is 3.67. The lowest BCUT2D eigenvalue weighted by molar-refractivity contribution is -0.136. The van der Waals surface area contributed by atoms with Crippen LogP contribution >= 0.6 is 0 Å². The molecule has 6 nitrogen and oxygen atoms in total. The Hall–Kier alpha value is -2.34. The van der Waals surface area contributed by atoms with E-state index in [9.17, 15) is 14.7 Å². The Morgan fingerprint density at radius 1 is 1.11 bits per heavy atom. The summed E-state index contributed by atoms with van der Waals surface area (Å²) < 4.78 is 0. The molecule has 0 saturated carbocycles. The van der Waals surface area contributed by atoms with Crippen molar-refractivity contribution in [1.29, 1.82) is 0 Å². The molecular formula is C12H13NO5. The van der Waals surface area contributed by atoms with Crippen LogP contribution in [0.1, 0.15) is 21.5 Å². The molecule has 0 radical (unpaired) electrons. The number of hydrogen-bond acceptors (Lipinski definition) is 4. The van der Waals surface area contributed by atoms with Crippen LogP contribution in [0.3, 0.4) is 0 Å². The quantitative estimate of drug-likeness (QED) is 0.564. The van der Waals surface area contributed by atoms with Gasteiger partial charge in [-0.05, 0) is 23.8 Å². The molecule has 0 aliphatic carbocycles. The van der Waals surface area contributed by atoms with Crippen LogP contribution in [0.4, 0.5) is 0 Å². The van der Waals surface area contributed by atoms with Gasteiger partial charge in [-0.25, -0.2) is 4.79 Å². The molecule has 4 N–H and O–H groups in total. The molecule has 0 aliphatic heterocycles. The number of aliphatic hydroxyl groups is 1. The molecule has 0 spiro atoms. The fourth-order valence-corrected chi connectivity index (χ4v) is 1.40. The predicted molar refractivity (Wildman–Crippen MR) is 64.4 cm³/mol. The van der Waals surface area contributed by atoms with Gasteiger partial charge in [-0.1, -0.05) is 6.58 Å². The Morgan fingerprint density at radius 2 is 1.72 bits per heavy atom. The summed E-state index contributed by atoms with van der Waals surface area (Å²) in [4.78, 5) is 21.2. The van der Waals surface area contributed by atoms with Gasteiger partial charge in [-0.3, -0.25) is 4.79 Å². The molecule has 0 amide bonds. The monoisotopic (exact) mass is 251 g/mol. The van der Waals surface area contributed by atoms with Crippen molar-refractivity contribution in [2.24, 2.45) is 0 Å². The van der Waals surface area contributed by atoms with E-state index < -0.39 is 11.9 Å². The van der Waals surface area contributed by atoms with E-state index in [0.717, 1.165) is 0 Å². The van der Waals surface area contributed by atoms with Crippen molar-refractivity contribution >= 4 is 17.7 Å². The Labute approximate surface area is 103 Å². The van der Waals surface area contributed by atoms with Crippen LogP contribution in [0.25, 0.3) is 5.76 Å². The normalized spacial score (nSPS) is 10.0. The number of carboxylic acids is 2. The second-order valence-electron chi connectivity index (χ2n) is 3.67. The summed E-state index contributed by atoms with van der Waals surface area (Å²) in [5.74, 6) is -2.37. The fraction of sp³-hybridized carbons (Fsp3) is 0.167. The van der Waals surface area contributed by atoms with Gasteiger partial charge in [0.2, 0.25) is 0 Å². The largest absolute Gasteiger partial charge is 0.508 e.